The van der Waals surface area contributed by atoms with Crippen LogP contribution in [0.25, 0.3) is 22.1 Å². The number of piperazine rings is 1. The monoisotopic (exact) mass is 378 g/mol. The topological polar surface area (TPSA) is 63.9 Å². The number of anilines is 1. The fourth-order valence-electron chi connectivity index (χ4n) is 4.10. The molecule has 0 bridgehead atoms. The van der Waals surface area contributed by atoms with Crippen LogP contribution in [0, 0.1) is 0 Å². The normalized spacial score (nSPS) is 21.3. The van der Waals surface area contributed by atoms with E-state index >= 15 is 0 Å². The van der Waals surface area contributed by atoms with Crippen molar-refractivity contribution in [2.24, 2.45) is 0 Å². The predicted molar refractivity (Wildman–Crippen MR) is 108 cm³/mol. The van der Waals surface area contributed by atoms with Crippen LogP contribution in [0.2, 0.25) is 0 Å². The number of nitrogens with zero attached hydrogens (tertiary/aromatic N) is 1. The Bertz CT molecular complexity index is 1100. The van der Waals surface area contributed by atoms with E-state index in [4.69, 9.17) is 13.9 Å². The summed E-state index contributed by atoms with van der Waals surface area (Å²) in [6.07, 6.45) is 0. The van der Waals surface area contributed by atoms with E-state index < -0.39 is 0 Å². The third-order valence-corrected chi connectivity index (χ3v) is 5.33. The lowest BCUT2D eigenvalue weighted by atomic mass is 10.0. The first-order valence-electron chi connectivity index (χ1n) is 9.56. The molecule has 1 unspecified atom stereocenters. The quantitative estimate of drug-likeness (QED) is 0.690. The minimum Gasteiger partial charge on any atom is -0.454 e. The van der Waals surface area contributed by atoms with Gasteiger partial charge in [-0.1, -0.05) is 6.07 Å². The van der Waals surface area contributed by atoms with Gasteiger partial charge in [-0.3, -0.25) is 0 Å². The number of hydrogen-bond acceptors (Lipinski definition) is 6. The smallest absolute Gasteiger partial charge is 0.344 e. The lowest BCUT2D eigenvalue weighted by Crippen LogP contribution is -2.54. The maximum atomic E-state index is 12.7. The Balaban J connectivity index is 1.52. The van der Waals surface area contributed by atoms with Gasteiger partial charge in [-0.05, 0) is 49.7 Å². The standard InChI is InChI=1S/C22H22N2O4/c1-13-10-24(11-14(2)23-13)17-5-3-16-7-18(22(25)28-20(16)9-17)15-4-6-19-21(8-15)27-12-26-19/h3-9,13-14,23H,10-12H2,1-2H3/t13-,14?/m0/s1. The number of hydrogen-bond donors (Lipinski definition) is 1. The Hall–Kier alpha value is -2.99. The molecule has 0 saturated carbocycles. The average molecular weight is 378 g/mol. The van der Waals surface area contributed by atoms with E-state index in [9.17, 15) is 4.79 Å². The Morgan fingerprint density at radius 3 is 2.57 bits per heavy atom. The fraction of sp³-hybridized carbons (Fsp3) is 0.318. The summed E-state index contributed by atoms with van der Waals surface area (Å²) in [5.41, 5.74) is 2.60. The highest BCUT2D eigenvalue weighted by Crippen LogP contribution is 2.36. The molecule has 6 nitrogen and oxygen atoms in total. The second-order valence-electron chi connectivity index (χ2n) is 7.61. The molecule has 2 aliphatic rings. The first-order valence-corrected chi connectivity index (χ1v) is 9.56. The molecule has 2 aliphatic heterocycles. The molecule has 1 aromatic heterocycles. The molecular formula is C22H22N2O4. The number of ether oxygens (including phenoxy) is 2. The van der Waals surface area contributed by atoms with E-state index in [1.807, 2.05) is 36.4 Å². The molecule has 144 valence electrons. The second kappa shape index (κ2) is 6.56. The first-order chi connectivity index (χ1) is 13.6. The predicted octanol–water partition coefficient (Wildman–Crippen LogP) is 3.38. The summed E-state index contributed by atoms with van der Waals surface area (Å²) in [6, 6.07) is 14.3. The van der Waals surface area contributed by atoms with Gasteiger partial charge in [0.1, 0.15) is 5.58 Å². The third-order valence-electron chi connectivity index (χ3n) is 5.33. The van der Waals surface area contributed by atoms with E-state index in [0.29, 0.717) is 34.7 Å². The van der Waals surface area contributed by atoms with Gasteiger partial charge in [0.15, 0.2) is 11.5 Å². The van der Waals surface area contributed by atoms with Crippen molar-refractivity contribution < 1.29 is 13.9 Å². The fourth-order valence-corrected chi connectivity index (χ4v) is 4.10. The Kier molecular flexibility index (Phi) is 4.02. The molecule has 6 heteroatoms. The number of fused-ring (bicyclic) bond motifs is 2. The van der Waals surface area contributed by atoms with Gasteiger partial charge in [0, 0.05) is 42.3 Å². The lowest BCUT2D eigenvalue weighted by molar-refractivity contribution is 0.174. The molecule has 0 amide bonds. The summed E-state index contributed by atoms with van der Waals surface area (Å²) >= 11 is 0. The average Bonchev–Trinajstić information content (AvgIpc) is 3.14. The summed E-state index contributed by atoms with van der Waals surface area (Å²) in [5.74, 6) is 1.34. The summed E-state index contributed by atoms with van der Waals surface area (Å²) in [4.78, 5) is 15.0. The highest BCUT2D eigenvalue weighted by Gasteiger charge is 2.22. The summed E-state index contributed by atoms with van der Waals surface area (Å²) in [7, 11) is 0. The van der Waals surface area contributed by atoms with Gasteiger partial charge in [0.05, 0.1) is 5.56 Å². The molecule has 0 aliphatic carbocycles. The van der Waals surface area contributed by atoms with Crippen LogP contribution in [0.5, 0.6) is 11.5 Å². The molecule has 5 rings (SSSR count). The highest BCUT2D eigenvalue weighted by molar-refractivity contribution is 5.85. The second-order valence-corrected chi connectivity index (χ2v) is 7.61. The summed E-state index contributed by atoms with van der Waals surface area (Å²) in [5, 5.41) is 4.43. The largest absolute Gasteiger partial charge is 0.454 e. The Labute approximate surface area is 162 Å². The highest BCUT2D eigenvalue weighted by atomic mass is 16.7. The van der Waals surface area contributed by atoms with Crippen LogP contribution in [0.4, 0.5) is 5.69 Å². The van der Waals surface area contributed by atoms with Crippen molar-refractivity contribution in [3.8, 4) is 22.6 Å². The first kappa shape index (κ1) is 17.1. The van der Waals surface area contributed by atoms with Crippen molar-refractivity contribution in [3.63, 3.8) is 0 Å². The zero-order valence-corrected chi connectivity index (χ0v) is 15.9. The SMILES string of the molecule is CC1CN(c2ccc3cc(-c4ccc5c(c4)OCO5)c(=O)oc3c2)C[C@H](C)N1. The van der Waals surface area contributed by atoms with Gasteiger partial charge in [0.2, 0.25) is 6.79 Å². The van der Waals surface area contributed by atoms with Crippen LogP contribution in [0.3, 0.4) is 0 Å². The van der Waals surface area contributed by atoms with Gasteiger partial charge in [-0.15, -0.1) is 0 Å². The molecule has 2 aromatic carbocycles. The van der Waals surface area contributed by atoms with Gasteiger partial charge >= 0.3 is 5.63 Å². The minimum atomic E-state index is -0.356. The Morgan fingerprint density at radius 2 is 1.75 bits per heavy atom. The zero-order valence-electron chi connectivity index (χ0n) is 15.9. The summed E-state index contributed by atoms with van der Waals surface area (Å²) < 4.78 is 16.4. The maximum Gasteiger partial charge on any atom is 0.344 e. The number of nitrogens with one attached hydrogen (secondary N) is 1. The zero-order chi connectivity index (χ0) is 19.3. The van der Waals surface area contributed by atoms with Gasteiger partial charge in [-0.25, -0.2) is 4.79 Å². The minimum absolute atomic E-state index is 0.206. The maximum absolute atomic E-state index is 12.7. The number of rotatable bonds is 2. The Morgan fingerprint density at radius 1 is 0.964 bits per heavy atom. The van der Waals surface area contributed by atoms with Crippen molar-refractivity contribution in [1.29, 1.82) is 0 Å². The van der Waals surface area contributed by atoms with E-state index in [1.165, 1.54) is 0 Å². The van der Waals surface area contributed by atoms with Crippen LogP contribution >= 0.6 is 0 Å². The van der Waals surface area contributed by atoms with Crippen molar-refractivity contribution in [2.45, 2.75) is 25.9 Å². The van der Waals surface area contributed by atoms with Crippen LogP contribution in [0.15, 0.2) is 51.7 Å². The molecule has 3 aromatic rings. The summed E-state index contributed by atoms with van der Waals surface area (Å²) in [6.45, 7) is 6.42. The molecule has 3 heterocycles. The molecule has 2 atom stereocenters. The van der Waals surface area contributed by atoms with Gasteiger partial charge in [0.25, 0.3) is 0 Å². The molecule has 28 heavy (non-hydrogen) atoms. The van der Waals surface area contributed by atoms with Crippen LogP contribution in [-0.2, 0) is 0 Å². The van der Waals surface area contributed by atoms with E-state index in [1.54, 1.807) is 0 Å². The number of benzene rings is 2. The van der Waals surface area contributed by atoms with Gasteiger partial charge < -0.3 is 24.1 Å². The van der Waals surface area contributed by atoms with E-state index in [2.05, 4.69) is 30.1 Å². The van der Waals surface area contributed by atoms with Crippen LogP contribution in [-0.4, -0.2) is 32.0 Å². The molecule has 1 N–H and O–H groups in total. The third kappa shape index (κ3) is 2.99. The molecule has 1 fully saturated rings. The molecule has 0 spiro atoms. The lowest BCUT2D eigenvalue weighted by Gasteiger charge is -2.37. The van der Waals surface area contributed by atoms with Gasteiger partial charge in [-0.2, -0.15) is 0 Å². The van der Waals surface area contributed by atoms with Crippen molar-refractivity contribution in [2.75, 3.05) is 24.8 Å². The molecule has 1 saturated heterocycles. The van der Waals surface area contributed by atoms with Crippen molar-refractivity contribution >= 4 is 16.7 Å². The molecule has 0 radical (unpaired) electrons. The van der Waals surface area contributed by atoms with E-state index in [0.717, 1.165) is 29.7 Å². The van der Waals surface area contributed by atoms with E-state index in [-0.39, 0.29) is 12.4 Å². The van der Waals surface area contributed by atoms with Crippen LogP contribution in [0.1, 0.15) is 13.8 Å². The molecular weight excluding hydrogens is 356 g/mol. The van der Waals surface area contributed by atoms with Crippen LogP contribution < -0.4 is 25.3 Å². The van der Waals surface area contributed by atoms with Crippen molar-refractivity contribution in [1.82, 2.24) is 5.32 Å². The van der Waals surface area contributed by atoms with Crippen molar-refractivity contribution in [3.05, 3.63) is 52.9 Å².